The molecule has 2 unspecified atom stereocenters. The Morgan fingerprint density at radius 1 is 1.07 bits per heavy atom. The van der Waals surface area contributed by atoms with Crippen LogP contribution in [0.4, 0.5) is 23.1 Å². The largest absolute Gasteiger partial charge is 0.389 e. The third kappa shape index (κ3) is 4.38. The molecular formula is C28H32N10O2. The number of imidazole rings is 1. The zero-order chi connectivity index (χ0) is 27.4. The van der Waals surface area contributed by atoms with Crippen molar-refractivity contribution in [2.24, 2.45) is 5.92 Å². The number of fused-ring (bicyclic) bond motifs is 2. The predicted molar refractivity (Wildman–Crippen MR) is 147 cm³/mol. The molecule has 12 nitrogen and oxygen atoms in total. The van der Waals surface area contributed by atoms with Crippen LogP contribution >= 0.6 is 0 Å². The summed E-state index contributed by atoms with van der Waals surface area (Å²) in [6.45, 7) is 5.83. The number of piperidine rings is 1. The maximum Gasteiger partial charge on any atom is 0.247 e. The Morgan fingerprint density at radius 3 is 2.70 bits per heavy atom. The fourth-order valence-electron chi connectivity index (χ4n) is 6.57. The molecule has 12 heteroatoms. The van der Waals surface area contributed by atoms with Crippen LogP contribution < -0.4 is 15.5 Å². The van der Waals surface area contributed by atoms with Gasteiger partial charge in [0.05, 0.1) is 43.2 Å². The Labute approximate surface area is 232 Å². The summed E-state index contributed by atoms with van der Waals surface area (Å²) in [6, 6.07) is 9.13. The third-order valence-electron chi connectivity index (χ3n) is 8.82. The van der Waals surface area contributed by atoms with Gasteiger partial charge in [0.25, 0.3) is 0 Å². The molecule has 1 saturated carbocycles. The summed E-state index contributed by atoms with van der Waals surface area (Å²) >= 11 is 0. The number of rotatable bonds is 6. The van der Waals surface area contributed by atoms with Crippen LogP contribution in [0.5, 0.6) is 0 Å². The molecule has 206 valence electrons. The first-order valence-electron chi connectivity index (χ1n) is 14.0. The Kier molecular flexibility index (Phi) is 6.19. The molecule has 3 aliphatic heterocycles. The van der Waals surface area contributed by atoms with E-state index >= 15 is 0 Å². The monoisotopic (exact) mass is 540 g/mol. The van der Waals surface area contributed by atoms with Gasteiger partial charge in [-0.05, 0) is 62.8 Å². The van der Waals surface area contributed by atoms with E-state index in [-0.39, 0.29) is 6.04 Å². The van der Waals surface area contributed by atoms with Crippen molar-refractivity contribution >= 4 is 28.8 Å². The highest BCUT2D eigenvalue weighted by molar-refractivity contribution is 5.73. The average molecular weight is 541 g/mol. The Bertz CT molecular complexity index is 1540. The Hall–Kier alpha value is -3.97. The molecule has 4 atom stereocenters. The van der Waals surface area contributed by atoms with Crippen molar-refractivity contribution in [3.63, 3.8) is 0 Å². The van der Waals surface area contributed by atoms with E-state index in [2.05, 4.69) is 49.6 Å². The second-order valence-electron chi connectivity index (χ2n) is 11.4. The van der Waals surface area contributed by atoms with Crippen molar-refractivity contribution in [2.75, 3.05) is 48.4 Å². The molecule has 4 fully saturated rings. The van der Waals surface area contributed by atoms with Gasteiger partial charge in [-0.25, -0.2) is 4.98 Å². The van der Waals surface area contributed by atoms with Gasteiger partial charge in [-0.15, -0.1) is 5.10 Å². The molecular weight excluding hydrogens is 508 g/mol. The number of hydrogen-bond acceptors (Lipinski definition) is 11. The van der Waals surface area contributed by atoms with Gasteiger partial charge in [-0.1, -0.05) is 0 Å². The number of anilines is 4. The fourth-order valence-corrected chi connectivity index (χ4v) is 6.57. The smallest absolute Gasteiger partial charge is 0.247 e. The minimum Gasteiger partial charge on any atom is -0.389 e. The van der Waals surface area contributed by atoms with Crippen LogP contribution in [-0.4, -0.2) is 86.7 Å². The van der Waals surface area contributed by atoms with Crippen LogP contribution in [-0.2, 0) is 4.74 Å². The van der Waals surface area contributed by atoms with Gasteiger partial charge in [0.1, 0.15) is 6.07 Å². The lowest BCUT2D eigenvalue weighted by molar-refractivity contribution is 0.0631. The summed E-state index contributed by atoms with van der Waals surface area (Å²) in [7, 11) is 0. The summed E-state index contributed by atoms with van der Waals surface area (Å²) in [5.74, 6) is 1.41. The van der Waals surface area contributed by atoms with E-state index < -0.39 is 6.10 Å². The Balaban J connectivity index is 1.17. The number of nitrogens with one attached hydrogen (secondary N) is 2. The first kappa shape index (κ1) is 25.0. The molecule has 0 spiro atoms. The number of hydrogen-bond donors (Lipinski definition) is 3. The van der Waals surface area contributed by atoms with Gasteiger partial charge >= 0.3 is 0 Å². The summed E-state index contributed by atoms with van der Waals surface area (Å²) in [5.41, 5.74) is 4.20. The molecule has 5 heterocycles. The molecule has 3 N–H and O–H groups in total. The lowest BCUT2D eigenvalue weighted by Gasteiger charge is -2.41. The number of benzene rings is 1. The highest BCUT2D eigenvalue weighted by atomic mass is 16.5. The van der Waals surface area contributed by atoms with Crippen molar-refractivity contribution in [3.8, 4) is 12.1 Å². The maximum atomic E-state index is 10.4. The van der Waals surface area contributed by atoms with E-state index in [1.165, 1.54) is 10.7 Å². The van der Waals surface area contributed by atoms with Gasteiger partial charge in [-0.2, -0.15) is 20.0 Å². The number of aromatic nitrogens is 4. The van der Waals surface area contributed by atoms with Gasteiger partial charge in [0, 0.05) is 36.5 Å². The van der Waals surface area contributed by atoms with Crippen molar-refractivity contribution in [1.82, 2.24) is 24.5 Å². The number of ether oxygens (including phenoxy) is 1. The summed E-state index contributed by atoms with van der Waals surface area (Å²) in [5, 5.41) is 41.1. The highest BCUT2D eigenvalue weighted by Crippen LogP contribution is 2.39. The van der Waals surface area contributed by atoms with Crippen LogP contribution in [0.25, 0.3) is 5.65 Å². The summed E-state index contributed by atoms with van der Waals surface area (Å²) in [4.78, 5) is 13.9. The van der Waals surface area contributed by atoms with Crippen LogP contribution in [0.15, 0.2) is 18.3 Å². The SMILES string of the molecule is Cc1c(Nc2nc(NC3CC3)c3ncc(C#N)n3n2)cc(C#N)cc1N1CCC2C(CCN2[C@H]2COC[C@@H]2O)C1. The van der Waals surface area contributed by atoms with Gasteiger partial charge < -0.3 is 25.4 Å². The molecule has 7 rings (SSSR count). The molecule has 40 heavy (non-hydrogen) atoms. The van der Waals surface area contributed by atoms with Gasteiger partial charge in [-0.3, -0.25) is 4.90 Å². The van der Waals surface area contributed by atoms with E-state index in [0.717, 1.165) is 62.3 Å². The third-order valence-corrected chi connectivity index (χ3v) is 8.82. The number of nitriles is 2. The zero-order valence-electron chi connectivity index (χ0n) is 22.4. The van der Waals surface area contributed by atoms with Crippen LogP contribution in [0.3, 0.4) is 0 Å². The van der Waals surface area contributed by atoms with Crippen molar-refractivity contribution in [2.45, 2.75) is 56.8 Å². The van der Waals surface area contributed by atoms with E-state index in [9.17, 15) is 15.6 Å². The lowest BCUT2D eigenvalue weighted by Crippen LogP contribution is -2.51. The second-order valence-corrected chi connectivity index (χ2v) is 11.4. The standard InChI is InChI=1S/C28H32N10O2/c1-16-21(33-28-34-26(32-19-2-3-19)27-31-12-20(11-30)38(27)35-28)8-17(10-29)9-23(16)36-6-5-22-18(13-36)4-7-37(22)24-14-40-15-25(24)39/h8-9,12,18-19,22,24-25,39H,2-7,13-15H2,1H3,(H2,32,33,34,35)/t18?,22?,24-,25-/m0/s1. The second kappa shape index (κ2) is 9.89. The molecule has 0 bridgehead atoms. The number of aliphatic hydroxyl groups is 1. The Morgan fingerprint density at radius 2 is 1.95 bits per heavy atom. The normalized spacial score (nSPS) is 26.4. The minimum absolute atomic E-state index is 0.0923. The molecule has 3 saturated heterocycles. The first-order chi connectivity index (χ1) is 19.5. The number of nitrogens with zero attached hydrogens (tertiary/aromatic N) is 8. The summed E-state index contributed by atoms with van der Waals surface area (Å²) in [6.07, 6.45) is 5.32. The van der Waals surface area contributed by atoms with Crippen LogP contribution in [0.1, 0.15) is 42.5 Å². The number of aliphatic hydroxyl groups excluding tert-OH is 1. The van der Waals surface area contributed by atoms with Gasteiger partial charge in [0.2, 0.25) is 5.95 Å². The summed E-state index contributed by atoms with van der Waals surface area (Å²) < 4.78 is 7.05. The molecule has 0 amide bonds. The van der Waals surface area contributed by atoms with Gasteiger partial charge in [0.15, 0.2) is 17.2 Å². The van der Waals surface area contributed by atoms with Crippen molar-refractivity contribution in [3.05, 3.63) is 35.2 Å². The predicted octanol–water partition coefficient (Wildman–Crippen LogP) is 2.15. The maximum absolute atomic E-state index is 10.4. The van der Waals surface area contributed by atoms with E-state index in [1.807, 2.05) is 12.1 Å². The topological polar surface area (TPSA) is 151 Å². The average Bonchev–Trinajstić information content (AvgIpc) is 3.31. The quantitative estimate of drug-likeness (QED) is 0.422. The molecule has 1 aromatic carbocycles. The molecule has 2 aromatic heterocycles. The van der Waals surface area contributed by atoms with E-state index in [0.29, 0.717) is 59.9 Å². The highest BCUT2D eigenvalue weighted by Gasteiger charge is 2.44. The van der Waals surface area contributed by atoms with Crippen LogP contribution in [0.2, 0.25) is 0 Å². The van der Waals surface area contributed by atoms with Crippen LogP contribution in [0, 0.1) is 35.5 Å². The minimum atomic E-state index is -0.409. The molecule has 4 aliphatic rings. The molecule has 1 aliphatic carbocycles. The molecule has 3 aromatic rings. The molecule has 0 radical (unpaired) electrons. The fraction of sp³-hybridized carbons (Fsp3) is 0.536. The van der Waals surface area contributed by atoms with Crippen molar-refractivity contribution in [1.29, 1.82) is 10.5 Å². The van der Waals surface area contributed by atoms with E-state index in [1.54, 1.807) is 0 Å². The first-order valence-corrected chi connectivity index (χ1v) is 14.0. The van der Waals surface area contributed by atoms with Crippen molar-refractivity contribution < 1.29 is 9.84 Å². The van der Waals surface area contributed by atoms with E-state index in [4.69, 9.17) is 9.72 Å². The number of likely N-dealkylation sites (tertiary alicyclic amines) is 1. The zero-order valence-corrected chi connectivity index (χ0v) is 22.4. The lowest BCUT2D eigenvalue weighted by atomic mass is 9.91.